The lowest BCUT2D eigenvalue weighted by atomic mass is 10.2. The summed E-state index contributed by atoms with van der Waals surface area (Å²) in [5.74, 6) is 0.527. The average molecular weight is 296 g/mol. The van der Waals surface area contributed by atoms with Crippen molar-refractivity contribution in [2.45, 2.75) is 6.92 Å². The monoisotopic (exact) mass is 295 g/mol. The van der Waals surface area contributed by atoms with E-state index in [2.05, 4.69) is 15.0 Å². The summed E-state index contributed by atoms with van der Waals surface area (Å²) < 4.78 is 0. The molecule has 0 aliphatic heterocycles. The Bertz CT molecular complexity index is 739. The summed E-state index contributed by atoms with van der Waals surface area (Å²) in [4.78, 5) is 13.1. The Balaban J connectivity index is 2.26. The Morgan fingerprint density at radius 1 is 1.11 bits per heavy atom. The van der Waals surface area contributed by atoms with Crippen molar-refractivity contribution in [2.75, 3.05) is 0 Å². The first kappa shape index (κ1) is 11.8. The fourth-order valence-corrected chi connectivity index (χ4v) is 2.64. The first-order valence-electron chi connectivity index (χ1n) is 5.19. The van der Waals surface area contributed by atoms with Crippen LogP contribution in [-0.4, -0.2) is 15.0 Å². The van der Waals surface area contributed by atoms with Gasteiger partial charge in [0.05, 0.1) is 10.5 Å². The molecule has 90 valence electrons. The van der Waals surface area contributed by atoms with Crippen molar-refractivity contribution in [1.29, 1.82) is 0 Å². The molecule has 0 aliphatic carbocycles. The third kappa shape index (κ3) is 2.07. The van der Waals surface area contributed by atoms with E-state index in [1.807, 2.05) is 18.4 Å². The number of aromatic nitrogens is 3. The van der Waals surface area contributed by atoms with Crippen molar-refractivity contribution >= 4 is 45.4 Å². The van der Waals surface area contributed by atoms with Crippen LogP contribution in [-0.2, 0) is 0 Å². The Morgan fingerprint density at radius 3 is 2.67 bits per heavy atom. The van der Waals surface area contributed by atoms with Gasteiger partial charge in [0.25, 0.3) is 0 Å². The van der Waals surface area contributed by atoms with Gasteiger partial charge in [0, 0.05) is 15.8 Å². The third-order valence-corrected chi connectivity index (χ3v) is 3.76. The summed E-state index contributed by atoms with van der Waals surface area (Å²) in [5, 5.41) is 4.71. The number of aryl methyl sites for hydroxylation is 1. The van der Waals surface area contributed by atoms with E-state index >= 15 is 0 Å². The van der Waals surface area contributed by atoms with Gasteiger partial charge in [0.1, 0.15) is 10.8 Å². The highest BCUT2D eigenvalue weighted by Crippen LogP contribution is 2.27. The van der Waals surface area contributed by atoms with Gasteiger partial charge in [-0.1, -0.05) is 23.2 Å². The summed E-state index contributed by atoms with van der Waals surface area (Å²) in [6.07, 6.45) is 0. The second kappa shape index (κ2) is 4.46. The van der Waals surface area contributed by atoms with Crippen LogP contribution in [0.4, 0.5) is 0 Å². The molecule has 0 radical (unpaired) electrons. The summed E-state index contributed by atoms with van der Waals surface area (Å²) >= 11 is 13.7. The SMILES string of the molecule is Cc1nc(-c2nc(Cl)c3ccc(Cl)cc3n2)cs1. The van der Waals surface area contributed by atoms with Crippen LogP contribution < -0.4 is 0 Å². The normalized spacial score (nSPS) is 11.1. The van der Waals surface area contributed by atoms with Crippen molar-refractivity contribution < 1.29 is 0 Å². The zero-order valence-corrected chi connectivity index (χ0v) is 11.6. The van der Waals surface area contributed by atoms with E-state index in [9.17, 15) is 0 Å². The van der Waals surface area contributed by atoms with Crippen LogP contribution in [0.15, 0.2) is 23.6 Å². The molecule has 0 bridgehead atoms. The van der Waals surface area contributed by atoms with Gasteiger partial charge in [-0.15, -0.1) is 11.3 Å². The predicted molar refractivity (Wildman–Crippen MR) is 75.4 cm³/mol. The minimum absolute atomic E-state index is 0.414. The summed E-state index contributed by atoms with van der Waals surface area (Å²) in [5.41, 5.74) is 1.46. The van der Waals surface area contributed by atoms with Gasteiger partial charge in [-0.05, 0) is 25.1 Å². The van der Waals surface area contributed by atoms with Crippen molar-refractivity contribution in [3.05, 3.63) is 38.8 Å². The van der Waals surface area contributed by atoms with E-state index in [0.717, 1.165) is 21.6 Å². The van der Waals surface area contributed by atoms with Gasteiger partial charge < -0.3 is 0 Å². The fourth-order valence-electron chi connectivity index (χ4n) is 1.64. The van der Waals surface area contributed by atoms with Crippen molar-refractivity contribution in [3.8, 4) is 11.5 Å². The molecule has 0 saturated heterocycles. The molecule has 3 aromatic rings. The molecule has 2 heterocycles. The minimum Gasteiger partial charge on any atom is -0.238 e. The smallest absolute Gasteiger partial charge is 0.181 e. The lowest BCUT2D eigenvalue weighted by Crippen LogP contribution is -1.92. The Kier molecular flexibility index (Phi) is 2.93. The van der Waals surface area contributed by atoms with Gasteiger partial charge in [-0.2, -0.15) is 0 Å². The van der Waals surface area contributed by atoms with Gasteiger partial charge in [-0.25, -0.2) is 15.0 Å². The van der Waals surface area contributed by atoms with Crippen LogP contribution in [0, 0.1) is 6.92 Å². The highest BCUT2D eigenvalue weighted by atomic mass is 35.5. The van der Waals surface area contributed by atoms with E-state index < -0.39 is 0 Å². The Morgan fingerprint density at radius 2 is 1.94 bits per heavy atom. The Hall–Kier alpha value is -1.23. The minimum atomic E-state index is 0.414. The number of rotatable bonds is 1. The maximum atomic E-state index is 6.15. The fraction of sp³-hybridized carbons (Fsp3) is 0.0833. The van der Waals surface area contributed by atoms with Crippen molar-refractivity contribution in [1.82, 2.24) is 15.0 Å². The molecule has 0 fully saturated rings. The lowest BCUT2D eigenvalue weighted by molar-refractivity contribution is 1.18. The highest BCUT2D eigenvalue weighted by Gasteiger charge is 2.10. The van der Waals surface area contributed by atoms with Crippen LogP contribution in [0.25, 0.3) is 22.4 Å². The molecule has 6 heteroatoms. The maximum Gasteiger partial charge on any atom is 0.181 e. The number of fused-ring (bicyclic) bond motifs is 1. The number of thiazole rings is 1. The number of hydrogen-bond acceptors (Lipinski definition) is 4. The number of halogens is 2. The van der Waals surface area contributed by atoms with E-state index in [4.69, 9.17) is 23.2 Å². The second-order valence-corrected chi connectivity index (χ2v) is 5.61. The quantitative estimate of drug-likeness (QED) is 0.626. The molecule has 0 unspecified atom stereocenters. The Labute approximate surface area is 117 Å². The predicted octanol–water partition coefficient (Wildman–Crippen LogP) is 4.37. The molecule has 18 heavy (non-hydrogen) atoms. The van der Waals surface area contributed by atoms with Gasteiger partial charge in [0.15, 0.2) is 5.82 Å². The maximum absolute atomic E-state index is 6.15. The topological polar surface area (TPSA) is 38.7 Å². The van der Waals surface area contributed by atoms with Gasteiger partial charge in [-0.3, -0.25) is 0 Å². The van der Waals surface area contributed by atoms with Crippen molar-refractivity contribution in [2.24, 2.45) is 0 Å². The molecule has 0 spiro atoms. The molecule has 0 N–H and O–H groups in total. The molecule has 3 rings (SSSR count). The molecule has 1 aromatic carbocycles. The van der Waals surface area contributed by atoms with Crippen LogP contribution in [0.5, 0.6) is 0 Å². The van der Waals surface area contributed by atoms with Crippen LogP contribution >= 0.6 is 34.5 Å². The molecule has 0 aliphatic rings. The number of hydrogen-bond donors (Lipinski definition) is 0. The summed E-state index contributed by atoms with van der Waals surface area (Å²) in [6.45, 7) is 1.94. The van der Waals surface area contributed by atoms with E-state index in [0.29, 0.717) is 16.0 Å². The first-order chi connectivity index (χ1) is 8.63. The van der Waals surface area contributed by atoms with E-state index in [1.165, 1.54) is 0 Å². The lowest BCUT2D eigenvalue weighted by Gasteiger charge is -2.02. The summed E-state index contributed by atoms with van der Waals surface area (Å²) in [7, 11) is 0. The van der Waals surface area contributed by atoms with Gasteiger partial charge in [0.2, 0.25) is 0 Å². The average Bonchev–Trinajstić information content (AvgIpc) is 2.75. The zero-order chi connectivity index (χ0) is 12.7. The standard InChI is InChI=1S/C12H7Cl2N3S/c1-6-15-10(5-18-6)12-16-9-4-7(13)2-3-8(9)11(14)17-12/h2-5H,1H3. The second-order valence-electron chi connectivity index (χ2n) is 3.75. The van der Waals surface area contributed by atoms with Crippen LogP contribution in [0.1, 0.15) is 5.01 Å². The highest BCUT2D eigenvalue weighted by molar-refractivity contribution is 7.09. The molecular weight excluding hydrogens is 289 g/mol. The molecule has 0 saturated carbocycles. The van der Waals surface area contributed by atoms with E-state index in [-0.39, 0.29) is 0 Å². The number of benzene rings is 1. The van der Waals surface area contributed by atoms with Crippen molar-refractivity contribution in [3.63, 3.8) is 0 Å². The molecule has 3 nitrogen and oxygen atoms in total. The molecule has 2 aromatic heterocycles. The first-order valence-corrected chi connectivity index (χ1v) is 6.82. The third-order valence-electron chi connectivity index (χ3n) is 2.46. The van der Waals surface area contributed by atoms with Crippen LogP contribution in [0.3, 0.4) is 0 Å². The van der Waals surface area contributed by atoms with E-state index in [1.54, 1.807) is 23.5 Å². The summed E-state index contributed by atoms with van der Waals surface area (Å²) in [6, 6.07) is 5.36. The largest absolute Gasteiger partial charge is 0.238 e. The van der Waals surface area contributed by atoms with Gasteiger partial charge >= 0.3 is 0 Å². The molecule has 0 atom stereocenters. The molecule has 0 amide bonds. The molecular formula is C12H7Cl2N3S. The number of nitrogens with zero attached hydrogens (tertiary/aromatic N) is 3. The zero-order valence-electron chi connectivity index (χ0n) is 9.32. The van der Waals surface area contributed by atoms with Crippen LogP contribution in [0.2, 0.25) is 10.2 Å².